The van der Waals surface area contributed by atoms with Crippen molar-refractivity contribution < 1.29 is 43.5 Å². The van der Waals surface area contributed by atoms with Crippen LogP contribution in [-0.2, 0) is 35.1 Å². The highest BCUT2D eigenvalue weighted by Crippen LogP contribution is 2.51. The van der Waals surface area contributed by atoms with Crippen molar-refractivity contribution in [3.63, 3.8) is 0 Å². The first-order valence-corrected chi connectivity index (χ1v) is 13.3. The van der Waals surface area contributed by atoms with E-state index in [4.69, 9.17) is 18.9 Å². The molecule has 2 fully saturated rings. The Bertz CT molecular complexity index is 1050. The molecule has 3 aliphatic heterocycles. The van der Waals surface area contributed by atoms with Crippen molar-refractivity contribution in [3.05, 3.63) is 32.1 Å². The molecule has 36 heavy (non-hydrogen) atoms. The van der Waals surface area contributed by atoms with Gasteiger partial charge in [-0.2, -0.15) is 0 Å². The van der Waals surface area contributed by atoms with Crippen LogP contribution in [0.2, 0.25) is 0 Å². The van der Waals surface area contributed by atoms with Gasteiger partial charge >= 0.3 is 12.1 Å². The number of thioether (sulfide) groups is 1. The molecule has 0 bridgehead atoms. The van der Waals surface area contributed by atoms with Crippen LogP contribution in [0.1, 0.15) is 37.3 Å². The fourth-order valence-electron chi connectivity index (χ4n) is 4.53. The lowest BCUT2D eigenvalue weighted by Gasteiger charge is -2.46. The van der Waals surface area contributed by atoms with Crippen molar-refractivity contribution in [3.8, 4) is 0 Å². The van der Waals surface area contributed by atoms with E-state index in [1.54, 1.807) is 23.9 Å². The van der Waals surface area contributed by atoms with Gasteiger partial charge in [-0.3, -0.25) is 4.79 Å². The standard InChI is InChI=1S/C23H28N2O9S2/c1-12-18-17(13(2)27)21(28)25(18)19(20(12)35-8-5-16-15(9-26)24-10-36-16)22(29)32-11-33-23(30)34-14-3-6-31-7-4-14/h5,8,10,12-14,17-18,26-27H,3-4,6-7,9,11H2,1-2H3/b8-5-/t12-,13-,17-,18-/m1/s1. The molecule has 4 atom stereocenters. The fraction of sp³-hybridized carbons (Fsp3) is 0.565. The Morgan fingerprint density at radius 2 is 2.11 bits per heavy atom. The molecule has 1 aromatic heterocycles. The van der Waals surface area contributed by atoms with E-state index < -0.39 is 30.9 Å². The Hall–Kier alpha value is -2.45. The van der Waals surface area contributed by atoms with Gasteiger partial charge in [0.25, 0.3) is 0 Å². The molecule has 3 aliphatic rings. The second kappa shape index (κ2) is 11.7. The van der Waals surface area contributed by atoms with Crippen LogP contribution in [0, 0.1) is 11.8 Å². The Labute approximate surface area is 216 Å². The lowest BCUT2D eigenvalue weighted by molar-refractivity contribution is -0.167. The smallest absolute Gasteiger partial charge is 0.431 e. The summed E-state index contributed by atoms with van der Waals surface area (Å²) < 4.78 is 20.5. The summed E-state index contributed by atoms with van der Waals surface area (Å²) >= 11 is 2.61. The summed E-state index contributed by atoms with van der Waals surface area (Å²) in [6.07, 6.45) is 0.783. The van der Waals surface area contributed by atoms with Crippen molar-refractivity contribution in [2.75, 3.05) is 20.0 Å². The van der Waals surface area contributed by atoms with Gasteiger partial charge in [-0.05, 0) is 18.4 Å². The summed E-state index contributed by atoms with van der Waals surface area (Å²) in [6, 6.07) is -0.383. The van der Waals surface area contributed by atoms with Gasteiger partial charge in [-0.25, -0.2) is 14.6 Å². The maximum Gasteiger partial charge on any atom is 0.511 e. The average Bonchev–Trinajstić information content (AvgIpc) is 3.40. The average molecular weight is 541 g/mol. The number of aliphatic hydroxyl groups excluding tert-OH is 2. The highest BCUT2D eigenvalue weighted by Gasteiger charge is 2.60. The van der Waals surface area contributed by atoms with E-state index in [1.165, 1.54) is 28.0 Å². The normalized spacial score (nSPS) is 25.1. The summed E-state index contributed by atoms with van der Waals surface area (Å²) in [6.45, 7) is 3.56. The predicted octanol–water partition coefficient (Wildman–Crippen LogP) is 2.24. The SMILES string of the molecule is C[C@@H](O)[C@H]1C(=O)N2C(C(=O)OCOC(=O)OC3CCOCC3)=C(S/C=C\c3scnc3CO)[C@H](C)[C@H]12. The van der Waals surface area contributed by atoms with E-state index in [1.807, 2.05) is 6.92 Å². The van der Waals surface area contributed by atoms with Gasteiger partial charge in [0, 0.05) is 23.7 Å². The number of fused-ring (bicyclic) bond motifs is 1. The number of nitrogens with zero attached hydrogens (tertiary/aromatic N) is 2. The van der Waals surface area contributed by atoms with Gasteiger partial charge in [0.1, 0.15) is 11.8 Å². The third-order valence-electron chi connectivity index (χ3n) is 6.34. The number of carbonyl (C=O) groups excluding carboxylic acids is 3. The number of esters is 1. The lowest BCUT2D eigenvalue weighted by atomic mass is 9.79. The van der Waals surface area contributed by atoms with Gasteiger partial charge in [0.15, 0.2) is 0 Å². The van der Waals surface area contributed by atoms with Crippen molar-refractivity contribution in [1.29, 1.82) is 0 Å². The molecule has 196 valence electrons. The van der Waals surface area contributed by atoms with Gasteiger partial charge in [0.05, 0.1) is 54.0 Å². The maximum absolute atomic E-state index is 13.0. The number of aromatic nitrogens is 1. The maximum atomic E-state index is 13.0. The van der Waals surface area contributed by atoms with E-state index in [2.05, 4.69) is 4.98 Å². The molecule has 0 aromatic carbocycles. The van der Waals surface area contributed by atoms with Crippen molar-refractivity contribution in [1.82, 2.24) is 9.88 Å². The zero-order valence-corrected chi connectivity index (χ0v) is 21.5. The highest BCUT2D eigenvalue weighted by atomic mass is 32.2. The summed E-state index contributed by atoms with van der Waals surface area (Å²) in [7, 11) is 0. The molecule has 0 saturated carbocycles. The first-order chi connectivity index (χ1) is 17.3. The summed E-state index contributed by atoms with van der Waals surface area (Å²) in [4.78, 5) is 44.5. The van der Waals surface area contributed by atoms with Crippen LogP contribution in [-0.4, -0.2) is 76.4 Å². The van der Waals surface area contributed by atoms with Gasteiger partial charge in [-0.15, -0.1) is 11.3 Å². The molecule has 2 N–H and O–H groups in total. The van der Waals surface area contributed by atoms with Crippen LogP contribution in [0.3, 0.4) is 0 Å². The molecule has 2 saturated heterocycles. The topological polar surface area (TPSA) is 145 Å². The molecular weight excluding hydrogens is 512 g/mol. The van der Waals surface area contributed by atoms with Crippen molar-refractivity contribution in [2.24, 2.45) is 11.8 Å². The largest absolute Gasteiger partial charge is 0.511 e. The number of hydrogen-bond donors (Lipinski definition) is 2. The van der Waals surface area contributed by atoms with E-state index in [0.29, 0.717) is 36.7 Å². The Morgan fingerprint density at radius 3 is 2.81 bits per heavy atom. The second-order valence-electron chi connectivity index (χ2n) is 8.58. The molecule has 0 unspecified atom stereocenters. The number of aliphatic hydroxyl groups is 2. The third-order valence-corrected chi connectivity index (χ3v) is 8.26. The molecular formula is C23H28N2O9S2. The first-order valence-electron chi connectivity index (χ1n) is 11.5. The second-order valence-corrected chi connectivity index (χ2v) is 10.4. The summed E-state index contributed by atoms with van der Waals surface area (Å²) in [5.74, 6) is -2.04. The number of β-lactam (4-membered cyclic amide) rings is 1. The minimum Gasteiger partial charge on any atom is -0.431 e. The molecule has 4 heterocycles. The number of hydrogen-bond acceptors (Lipinski definition) is 12. The van der Waals surface area contributed by atoms with Crippen LogP contribution in [0.25, 0.3) is 6.08 Å². The molecule has 13 heteroatoms. The molecule has 0 aliphatic carbocycles. The number of amides is 1. The molecule has 0 spiro atoms. The number of rotatable bonds is 9. The van der Waals surface area contributed by atoms with E-state index in [0.717, 1.165) is 4.88 Å². The molecule has 11 nitrogen and oxygen atoms in total. The van der Waals surface area contributed by atoms with Crippen LogP contribution < -0.4 is 0 Å². The quantitative estimate of drug-likeness (QED) is 0.270. The third kappa shape index (κ3) is 5.44. The summed E-state index contributed by atoms with van der Waals surface area (Å²) in [5, 5.41) is 21.2. The van der Waals surface area contributed by atoms with Crippen LogP contribution in [0.4, 0.5) is 4.79 Å². The zero-order chi connectivity index (χ0) is 25.8. The zero-order valence-electron chi connectivity index (χ0n) is 19.8. The number of carbonyl (C=O) groups is 3. The van der Waals surface area contributed by atoms with Crippen LogP contribution >= 0.6 is 23.1 Å². The molecule has 1 aromatic rings. The first kappa shape index (κ1) is 26.6. The molecule has 4 rings (SSSR count). The summed E-state index contributed by atoms with van der Waals surface area (Å²) in [5.41, 5.74) is 2.24. The Balaban J connectivity index is 1.43. The minimum absolute atomic E-state index is 0.0668. The van der Waals surface area contributed by atoms with E-state index >= 15 is 0 Å². The van der Waals surface area contributed by atoms with Gasteiger partial charge in [-0.1, -0.05) is 18.7 Å². The van der Waals surface area contributed by atoms with E-state index in [9.17, 15) is 24.6 Å². The molecule has 0 radical (unpaired) electrons. The Kier molecular flexibility index (Phi) is 8.67. The highest BCUT2D eigenvalue weighted by molar-refractivity contribution is 8.06. The number of ether oxygens (including phenoxy) is 4. The monoisotopic (exact) mass is 540 g/mol. The van der Waals surface area contributed by atoms with Crippen molar-refractivity contribution >= 4 is 47.2 Å². The fourth-order valence-corrected chi connectivity index (χ4v) is 6.31. The van der Waals surface area contributed by atoms with Gasteiger partial charge in [0.2, 0.25) is 12.7 Å². The Morgan fingerprint density at radius 1 is 1.36 bits per heavy atom. The van der Waals surface area contributed by atoms with E-state index in [-0.39, 0.29) is 36.3 Å². The van der Waals surface area contributed by atoms with Gasteiger partial charge < -0.3 is 34.1 Å². The molecule has 1 amide bonds. The number of thiazole rings is 1. The minimum atomic E-state index is -0.947. The van der Waals surface area contributed by atoms with Crippen LogP contribution in [0.15, 0.2) is 21.5 Å². The van der Waals surface area contributed by atoms with Crippen molar-refractivity contribution in [2.45, 2.75) is 51.5 Å². The lowest BCUT2D eigenvalue weighted by Crippen LogP contribution is -2.63. The van der Waals surface area contributed by atoms with Crippen LogP contribution in [0.5, 0.6) is 0 Å². The predicted molar refractivity (Wildman–Crippen MR) is 129 cm³/mol.